The molecule has 3 aromatic rings. The first-order valence-electron chi connectivity index (χ1n) is 6.07. The number of fused-ring (bicyclic) bond motifs is 1. The summed E-state index contributed by atoms with van der Waals surface area (Å²) in [5.41, 5.74) is 2.10. The Bertz CT molecular complexity index is 792. The number of pyridine rings is 1. The lowest BCUT2D eigenvalue weighted by Crippen LogP contribution is -2.19. The van der Waals surface area contributed by atoms with Crippen LogP contribution in [0, 0.1) is 0 Å². The van der Waals surface area contributed by atoms with Crippen LogP contribution in [0.3, 0.4) is 0 Å². The molecule has 0 saturated heterocycles. The zero-order valence-electron chi connectivity index (χ0n) is 10.2. The SMILES string of the molecule is O=c1ccc2ccccc2n1Cc1cccc(Br)c1. The van der Waals surface area contributed by atoms with Gasteiger partial charge in [-0.1, -0.05) is 46.3 Å². The van der Waals surface area contributed by atoms with Gasteiger partial charge in [0.15, 0.2) is 0 Å². The number of hydrogen-bond acceptors (Lipinski definition) is 1. The van der Waals surface area contributed by atoms with Crippen LogP contribution in [0.25, 0.3) is 10.9 Å². The number of nitrogens with zero attached hydrogens (tertiary/aromatic N) is 1. The van der Waals surface area contributed by atoms with Crippen molar-refractivity contribution in [1.29, 1.82) is 0 Å². The normalized spacial score (nSPS) is 10.8. The molecule has 94 valence electrons. The van der Waals surface area contributed by atoms with Crippen molar-refractivity contribution in [2.24, 2.45) is 0 Å². The summed E-state index contributed by atoms with van der Waals surface area (Å²) in [4.78, 5) is 12.1. The van der Waals surface area contributed by atoms with Crippen molar-refractivity contribution in [3.8, 4) is 0 Å². The third-order valence-corrected chi connectivity index (χ3v) is 3.62. The number of para-hydroxylation sites is 1. The monoisotopic (exact) mass is 313 g/mol. The van der Waals surface area contributed by atoms with Gasteiger partial charge in [0.2, 0.25) is 0 Å². The van der Waals surface area contributed by atoms with Crippen molar-refractivity contribution in [1.82, 2.24) is 4.57 Å². The van der Waals surface area contributed by atoms with Gasteiger partial charge in [-0.3, -0.25) is 4.79 Å². The Hall–Kier alpha value is -1.87. The number of rotatable bonds is 2. The predicted molar refractivity (Wildman–Crippen MR) is 81.5 cm³/mol. The maximum absolute atomic E-state index is 12.1. The molecule has 2 aromatic carbocycles. The van der Waals surface area contributed by atoms with E-state index in [9.17, 15) is 4.79 Å². The topological polar surface area (TPSA) is 22.0 Å². The zero-order valence-corrected chi connectivity index (χ0v) is 11.8. The highest BCUT2D eigenvalue weighted by molar-refractivity contribution is 9.10. The van der Waals surface area contributed by atoms with Crippen molar-refractivity contribution < 1.29 is 0 Å². The minimum Gasteiger partial charge on any atom is -0.304 e. The molecule has 0 N–H and O–H groups in total. The summed E-state index contributed by atoms with van der Waals surface area (Å²) in [5.74, 6) is 0. The molecule has 3 rings (SSSR count). The van der Waals surface area contributed by atoms with Crippen molar-refractivity contribution in [2.45, 2.75) is 6.54 Å². The number of aromatic nitrogens is 1. The van der Waals surface area contributed by atoms with Gasteiger partial charge in [-0.25, -0.2) is 0 Å². The van der Waals surface area contributed by atoms with E-state index in [2.05, 4.69) is 15.9 Å². The Kier molecular flexibility index (Phi) is 3.22. The number of benzene rings is 2. The second-order valence-electron chi connectivity index (χ2n) is 4.45. The molecule has 0 aliphatic carbocycles. The minimum atomic E-state index is 0.0266. The second-order valence-corrected chi connectivity index (χ2v) is 5.36. The average molecular weight is 314 g/mol. The largest absolute Gasteiger partial charge is 0.304 e. The Morgan fingerprint density at radius 1 is 0.947 bits per heavy atom. The van der Waals surface area contributed by atoms with E-state index in [0.29, 0.717) is 6.54 Å². The van der Waals surface area contributed by atoms with E-state index in [4.69, 9.17) is 0 Å². The van der Waals surface area contributed by atoms with Gasteiger partial charge in [-0.15, -0.1) is 0 Å². The van der Waals surface area contributed by atoms with Crippen LogP contribution in [0.2, 0.25) is 0 Å². The van der Waals surface area contributed by atoms with E-state index in [1.54, 1.807) is 10.6 Å². The molecule has 0 aliphatic heterocycles. The van der Waals surface area contributed by atoms with Gasteiger partial charge in [-0.05, 0) is 35.2 Å². The molecule has 2 nitrogen and oxygen atoms in total. The predicted octanol–water partition coefficient (Wildman–Crippen LogP) is 3.81. The molecule has 0 aliphatic rings. The molecular weight excluding hydrogens is 302 g/mol. The van der Waals surface area contributed by atoms with Gasteiger partial charge in [0.05, 0.1) is 12.1 Å². The standard InChI is InChI=1S/C16H12BrNO/c17-14-6-3-4-12(10-14)11-18-15-7-2-1-5-13(15)8-9-16(18)19/h1-10H,11H2. The summed E-state index contributed by atoms with van der Waals surface area (Å²) < 4.78 is 2.83. The molecule has 0 bridgehead atoms. The van der Waals surface area contributed by atoms with E-state index in [1.807, 2.05) is 54.6 Å². The van der Waals surface area contributed by atoms with Crippen LogP contribution in [0.15, 0.2) is 69.9 Å². The minimum absolute atomic E-state index is 0.0266. The summed E-state index contributed by atoms with van der Waals surface area (Å²) in [6.45, 7) is 0.583. The Morgan fingerprint density at radius 2 is 1.79 bits per heavy atom. The van der Waals surface area contributed by atoms with Crippen molar-refractivity contribution in [3.05, 3.63) is 81.1 Å². The van der Waals surface area contributed by atoms with E-state index in [0.717, 1.165) is 20.9 Å². The zero-order chi connectivity index (χ0) is 13.2. The Morgan fingerprint density at radius 3 is 2.63 bits per heavy atom. The molecule has 0 spiro atoms. The summed E-state index contributed by atoms with van der Waals surface area (Å²) in [7, 11) is 0. The van der Waals surface area contributed by atoms with E-state index >= 15 is 0 Å². The smallest absolute Gasteiger partial charge is 0.251 e. The molecule has 1 aromatic heterocycles. The quantitative estimate of drug-likeness (QED) is 0.705. The summed E-state index contributed by atoms with van der Waals surface area (Å²) in [5, 5.41) is 1.08. The molecule has 0 atom stereocenters. The highest BCUT2D eigenvalue weighted by Gasteiger charge is 2.03. The maximum atomic E-state index is 12.1. The summed E-state index contributed by atoms with van der Waals surface area (Å²) in [6.07, 6.45) is 0. The van der Waals surface area contributed by atoms with Crippen LogP contribution < -0.4 is 5.56 Å². The van der Waals surface area contributed by atoms with E-state index in [-0.39, 0.29) is 5.56 Å². The van der Waals surface area contributed by atoms with Gasteiger partial charge in [0, 0.05) is 10.5 Å². The first-order chi connectivity index (χ1) is 9.24. The van der Waals surface area contributed by atoms with Gasteiger partial charge in [-0.2, -0.15) is 0 Å². The highest BCUT2D eigenvalue weighted by atomic mass is 79.9. The van der Waals surface area contributed by atoms with Gasteiger partial charge >= 0.3 is 0 Å². The molecular formula is C16H12BrNO. The molecule has 3 heteroatoms. The summed E-state index contributed by atoms with van der Waals surface area (Å²) in [6, 6.07) is 19.5. The van der Waals surface area contributed by atoms with Crippen molar-refractivity contribution >= 4 is 26.8 Å². The van der Waals surface area contributed by atoms with Crippen LogP contribution in [-0.4, -0.2) is 4.57 Å². The van der Waals surface area contributed by atoms with Gasteiger partial charge in [0.1, 0.15) is 0 Å². The fourth-order valence-corrected chi connectivity index (χ4v) is 2.67. The molecule has 19 heavy (non-hydrogen) atoms. The lowest BCUT2D eigenvalue weighted by Gasteiger charge is -2.10. The fraction of sp³-hybridized carbons (Fsp3) is 0.0625. The highest BCUT2D eigenvalue weighted by Crippen LogP contribution is 2.15. The molecule has 0 fully saturated rings. The Balaban J connectivity index is 2.14. The molecule has 0 unspecified atom stereocenters. The first-order valence-corrected chi connectivity index (χ1v) is 6.86. The fourth-order valence-electron chi connectivity index (χ4n) is 2.23. The van der Waals surface area contributed by atoms with Crippen LogP contribution in [0.5, 0.6) is 0 Å². The lowest BCUT2D eigenvalue weighted by molar-refractivity contribution is 0.794. The molecule has 0 amide bonds. The van der Waals surface area contributed by atoms with Gasteiger partial charge in [0.25, 0.3) is 5.56 Å². The lowest BCUT2D eigenvalue weighted by atomic mass is 10.2. The van der Waals surface area contributed by atoms with E-state index in [1.165, 1.54) is 0 Å². The summed E-state index contributed by atoms with van der Waals surface area (Å²) >= 11 is 3.46. The van der Waals surface area contributed by atoms with E-state index < -0.39 is 0 Å². The third kappa shape index (κ3) is 2.47. The van der Waals surface area contributed by atoms with Crippen molar-refractivity contribution in [3.63, 3.8) is 0 Å². The third-order valence-electron chi connectivity index (χ3n) is 3.13. The van der Waals surface area contributed by atoms with Crippen LogP contribution in [0.4, 0.5) is 0 Å². The molecule has 0 radical (unpaired) electrons. The van der Waals surface area contributed by atoms with Crippen LogP contribution in [0.1, 0.15) is 5.56 Å². The number of halogens is 1. The molecule has 0 saturated carbocycles. The Labute approximate surface area is 119 Å². The maximum Gasteiger partial charge on any atom is 0.251 e. The van der Waals surface area contributed by atoms with Crippen LogP contribution >= 0.6 is 15.9 Å². The molecule has 1 heterocycles. The number of hydrogen-bond donors (Lipinski definition) is 0. The van der Waals surface area contributed by atoms with Crippen LogP contribution in [-0.2, 0) is 6.54 Å². The second kappa shape index (κ2) is 5.02. The van der Waals surface area contributed by atoms with Crippen molar-refractivity contribution in [2.75, 3.05) is 0 Å². The first kappa shape index (κ1) is 12.2. The van der Waals surface area contributed by atoms with Gasteiger partial charge < -0.3 is 4.57 Å². The average Bonchev–Trinajstić information content (AvgIpc) is 2.42.